The van der Waals surface area contributed by atoms with Crippen LogP contribution in [-0.2, 0) is 6.18 Å². The quantitative estimate of drug-likeness (QED) is 0.756. The molecule has 2 fully saturated rings. The van der Waals surface area contributed by atoms with Gasteiger partial charge in [-0.3, -0.25) is 4.79 Å². The van der Waals surface area contributed by atoms with Gasteiger partial charge in [-0.2, -0.15) is 13.2 Å². The van der Waals surface area contributed by atoms with Crippen molar-refractivity contribution in [3.8, 4) is 0 Å². The average Bonchev–Trinajstić information content (AvgIpc) is 2.98. The van der Waals surface area contributed by atoms with Gasteiger partial charge in [0, 0.05) is 19.1 Å². The van der Waals surface area contributed by atoms with Crippen molar-refractivity contribution in [3.05, 3.63) is 35.4 Å². The molecule has 0 spiro atoms. The van der Waals surface area contributed by atoms with Gasteiger partial charge in [0.2, 0.25) is 0 Å². The van der Waals surface area contributed by atoms with Crippen molar-refractivity contribution in [3.63, 3.8) is 0 Å². The molecule has 28 heavy (non-hydrogen) atoms. The van der Waals surface area contributed by atoms with Crippen molar-refractivity contribution in [2.75, 3.05) is 13.1 Å². The summed E-state index contributed by atoms with van der Waals surface area (Å²) >= 11 is 0. The first-order valence-electron chi connectivity index (χ1n) is 9.76. The molecule has 3 rings (SSSR count). The zero-order valence-corrected chi connectivity index (χ0v) is 15.6. The van der Waals surface area contributed by atoms with Crippen LogP contribution in [0.5, 0.6) is 0 Å². The van der Waals surface area contributed by atoms with E-state index in [1.807, 2.05) is 0 Å². The fourth-order valence-corrected chi connectivity index (χ4v) is 4.36. The van der Waals surface area contributed by atoms with Crippen molar-refractivity contribution in [2.45, 2.75) is 63.2 Å². The van der Waals surface area contributed by atoms with Gasteiger partial charge in [0.25, 0.3) is 5.91 Å². The van der Waals surface area contributed by atoms with E-state index in [0.29, 0.717) is 6.42 Å². The van der Waals surface area contributed by atoms with Crippen molar-refractivity contribution in [2.24, 2.45) is 0 Å². The summed E-state index contributed by atoms with van der Waals surface area (Å²) < 4.78 is 40.4. The van der Waals surface area contributed by atoms with Gasteiger partial charge in [-0.25, -0.2) is 4.79 Å². The number of carbonyl (C=O) groups excluding carboxylic acids is 1. The summed E-state index contributed by atoms with van der Waals surface area (Å²) in [6.45, 7) is 0.434. The molecule has 8 heteroatoms. The summed E-state index contributed by atoms with van der Waals surface area (Å²) in [4.78, 5) is 27.4. The van der Waals surface area contributed by atoms with E-state index in [9.17, 15) is 27.9 Å². The number of likely N-dealkylation sites (tertiary alicyclic amines) is 1. The number of halogens is 3. The van der Waals surface area contributed by atoms with E-state index in [1.54, 1.807) is 4.90 Å². The minimum absolute atomic E-state index is 0.145. The maximum Gasteiger partial charge on any atom is 0.417 e. The third-order valence-corrected chi connectivity index (χ3v) is 5.74. The Bertz CT molecular complexity index is 715. The summed E-state index contributed by atoms with van der Waals surface area (Å²) in [7, 11) is 0. The number of rotatable bonds is 3. The number of alkyl halides is 3. The molecule has 1 heterocycles. The molecular weight excluding hydrogens is 373 g/mol. The molecule has 1 N–H and O–H groups in total. The zero-order chi connectivity index (χ0) is 20.3. The second kappa shape index (κ2) is 8.41. The predicted octanol–water partition coefficient (Wildman–Crippen LogP) is 4.62. The molecule has 0 unspecified atom stereocenters. The van der Waals surface area contributed by atoms with E-state index in [4.69, 9.17) is 0 Å². The Morgan fingerprint density at radius 3 is 2.21 bits per heavy atom. The Hall–Kier alpha value is -2.25. The van der Waals surface area contributed by atoms with Crippen molar-refractivity contribution < 1.29 is 27.9 Å². The van der Waals surface area contributed by atoms with Crippen LogP contribution in [0.1, 0.15) is 60.9 Å². The summed E-state index contributed by atoms with van der Waals surface area (Å²) in [5.74, 6) is -0.642. The number of carboxylic acid groups (broad SMARTS) is 1. The minimum atomic E-state index is -4.62. The van der Waals surface area contributed by atoms with Crippen LogP contribution in [0.15, 0.2) is 24.3 Å². The standard InChI is InChI=1S/C20H25F3N2O3/c21-20(22,23)17-10-6-5-9-16(17)18(26)25(14-7-3-1-2-4-8-14)15-11-12-24(13-15)19(27)28/h5-6,9-10,14-15H,1-4,7-8,11-13H2,(H,27,28)/t15-/m0/s1. The van der Waals surface area contributed by atoms with Gasteiger partial charge < -0.3 is 14.9 Å². The summed E-state index contributed by atoms with van der Waals surface area (Å²) in [6, 6.07) is 4.31. The van der Waals surface area contributed by atoms with Crippen LogP contribution in [0.4, 0.5) is 18.0 Å². The average molecular weight is 398 g/mol. The molecule has 0 aromatic heterocycles. The monoisotopic (exact) mass is 398 g/mol. The van der Waals surface area contributed by atoms with Crippen LogP contribution < -0.4 is 0 Å². The molecular formula is C20H25F3N2O3. The number of amides is 2. The molecule has 1 aromatic rings. The van der Waals surface area contributed by atoms with Crippen molar-refractivity contribution in [1.29, 1.82) is 0 Å². The molecule has 5 nitrogen and oxygen atoms in total. The molecule has 0 radical (unpaired) electrons. The SMILES string of the molecule is O=C(O)N1CC[C@H](N(C(=O)c2ccccc2C(F)(F)F)C2CCCCCC2)C1. The third-order valence-electron chi connectivity index (χ3n) is 5.74. The predicted molar refractivity (Wildman–Crippen MR) is 97.1 cm³/mol. The van der Waals surface area contributed by atoms with Gasteiger partial charge in [-0.05, 0) is 31.4 Å². The van der Waals surface area contributed by atoms with Crippen LogP contribution >= 0.6 is 0 Å². The number of benzene rings is 1. The van der Waals surface area contributed by atoms with Crippen molar-refractivity contribution in [1.82, 2.24) is 9.80 Å². The summed E-state index contributed by atoms with van der Waals surface area (Å²) in [6.07, 6.45) is 0.175. The maximum absolute atomic E-state index is 13.5. The van der Waals surface area contributed by atoms with Gasteiger partial charge in [0.1, 0.15) is 0 Å². The van der Waals surface area contributed by atoms with Crippen LogP contribution in [-0.4, -0.2) is 52.1 Å². The molecule has 1 aromatic carbocycles. The largest absolute Gasteiger partial charge is 0.465 e. The zero-order valence-electron chi connectivity index (χ0n) is 15.6. The van der Waals surface area contributed by atoms with Gasteiger partial charge in [0.05, 0.1) is 17.2 Å². The summed E-state index contributed by atoms with van der Waals surface area (Å²) in [5.41, 5.74) is -1.29. The second-order valence-corrected chi connectivity index (χ2v) is 7.57. The highest BCUT2D eigenvalue weighted by Crippen LogP contribution is 2.35. The highest BCUT2D eigenvalue weighted by molar-refractivity contribution is 5.96. The number of nitrogens with zero attached hydrogens (tertiary/aromatic N) is 2. The first kappa shape index (κ1) is 20.5. The van der Waals surface area contributed by atoms with Crippen LogP contribution in [0.25, 0.3) is 0 Å². The van der Waals surface area contributed by atoms with Crippen molar-refractivity contribution >= 4 is 12.0 Å². The first-order valence-corrected chi connectivity index (χ1v) is 9.76. The Kier molecular flexibility index (Phi) is 6.15. The van der Waals surface area contributed by atoms with E-state index in [-0.39, 0.29) is 24.7 Å². The van der Waals surface area contributed by atoms with E-state index in [1.165, 1.54) is 23.1 Å². The molecule has 1 aliphatic heterocycles. The number of hydrogen-bond acceptors (Lipinski definition) is 2. The van der Waals surface area contributed by atoms with Gasteiger partial charge >= 0.3 is 12.3 Å². The minimum Gasteiger partial charge on any atom is -0.465 e. The van der Waals surface area contributed by atoms with E-state index < -0.39 is 29.8 Å². The molecule has 2 aliphatic rings. The first-order chi connectivity index (χ1) is 13.3. The van der Waals surface area contributed by atoms with E-state index >= 15 is 0 Å². The van der Waals surface area contributed by atoms with E-state index in [0.717, 1.165) is 44.6 Å². The lowest BCUT2D eigenvalue weighted by Gasteiger charge is -2.37. The Morgan fingerprint density at radius 1 is 1.00 bits per heavy atom. The Balaban J connectivity index is 1.95. The van der Waals surface area contributed by atoms with Gasteiger partial charge in [-0.1, -0.05) is 37.8 Å². The molecule has 0 bridgehead atoms. The number of hydrogen-bond donors (Lipinski definition) is 1. The highest BCUT2D eigenvalue weighted by atomic mass is 19.4. The Morgan fingerprint density at radius 2 is 1.64 bits per heavy atom. The molecule has 1 saturated heterocycles. The lowest BCUT2D eigenvalue weighted by atomic mass is 9.99. The summed E-state index contributed by atoms with van der Waals surface area (Å²) in [5, 5.41) is 9.25. The van der Waals surface area contributed by atoms with Gasteiger partial charge in [0.15, 0.2) is 0 Å². The normalized spacial score (nSPS) is 21.4. The molecule has 154 valence electrons. The smallest absolute Gasteiger partial charge is 0.417 e. The van der Waals surface area contributed by atoms with E-state index in [2.05, 4.69) is 0 Å². The van der Waals surface area contributed by atoms with Crippen LogP contribution in [0, 0.1) is 0 Å². The topological polar surface area (TPSA) is 60.9 Å². The lowest BCUT2D eigenvalue weighted by molar-refractivity contribution is -0.138. The van der Waals surface area contributed by atoms with Gasteiger partial charge in [-0.15, -0.1) is 0 Å². The Labute approximate surface area is 162 Å². The molecule has 2 amide bonds. The number of carbonyl (C=O) groups is 2. The molecule has 1 saturated carbocycles. The van der Waals surface area contributed by atoms with Crippen LogP contribution in [0.3, 0.4) is 0 Å². The molecule has 1 atom stereocenters. The highest BCUT2D eigenvalue weighted by Gasteiger charge is 2.41. The fraction of sp³-hybridized carbons (Fsp3) is 0.600. The maximum atomic E-state index is 13.5. The lowest BCUT2D eigenvalue weighted by Crippen LogP contribution is -2.49. The second-order valence-electron chi connectivity index (χ2n) is 7.57. The fourth-order valence-electron chi connectivity index (χ4n) is 4.36. The van der Waals surface area contributed by atoms with Crippen LogP contribution in [0.2, 0.25) is 0 Å². The molecule has 1 aliphatic carbocycles. The third kappa shape index (κ3) is 4.42.